The molecule has 1 unspecified atom stereocenters. The third kappa shape index (κ3) is 11.7. The molecule has 4 rings (SSSR count). The van der Waals surface area contributed by atoms with Gasteiger partial charge in [-0.05, 0) is 58.5 Å². The van der Waals surface area contributed by atoms with Crippen LogP contribution in [0.1, 0.15) is 57.2 Å². The van der Waals surface area contributed by atoms with Crippen molar-refractivity contribution in [1.29, 1.82) is 0 Å². The number of benzene rings is 3. The summed E-state index contributed by atoms with van der Waals surface area (Å²) in [6.45, 7) is 8.03. The van der Waals surface area contributed by atoms with Crippen molar-refractivity contribution >= 4 is 33.1 Å². The molecule has 1 aromatic heterocycles. The highest BCUT2D eigenvalue weighted by atomic mass is 32.2. The van der Waals surface area contributed by atoms with Crippen molar-refractivity contribution in [1.82, 2.24) is 4.72 Å². The van der Waals surface area contributed by atoms with Gasteiger partial charge in [0.25, 0.3) is 10.0 Å². The van der Waals surface area contributed by atoms with Crippen LogP contribution in [0.3, 0.4) is 0 Å². The van der Waals surface area contributed by atoms with Crippen LogP contribution in [0.4, 0.5) is 0 Å². The van der Waals surface area contributed by atoms with Gasteiger partial charge in [-0.25, -0.2) is 8.42 Å². The Hall–Kier alpha value is -3.59. The number of ketones is 1. The predicted octanol–water partition coefficient (Wildman–Crippen LogP) is 7.58. The number of carbonyl (C=O) groups is 2. The van der Waals surface area contributed by atoms with Crippen LogP contribution < -0.4 is 4.72 Å². The molecule has 0 saturated carbocycles. The Morgan fingerprint density at radius 3 is 1.83 bits per heavy atom. The highest BCUT2D eigenvalue weighted by molar-refractivity contribution is 7.91. The van der Waals surface area contributed by atoms with Crippen LogP contribution in [0.5, 0.6) is 0 Å². The molecule has 0 aliphatic carbocycles. The summed E-state index contributed by atoms with van der Waals surface area (Å²) in [6.07, 6.45) is 3.54. The third-order valence-electron chi connectivity index (χ3n) is 6.46. The molecular formula is C34H41NO5S2. The lowest BCUT2D eigenvalue weighted by Crippen LogP contribution is -2.42. The highest BCUT2D eigenvalue weighted by Gasteiger charge is 2.26. The van der Waals surface area contributed by atoms with E-state index in [4.69, 9.17) is 0 Å². The molecule has 0 fully saturated rings. The standard InChI is InChI=1S/C21H21NO4S2.C8H10.C5H10O/c1-2-15-5-3-6-18(13-15)17-10-8-16(9-11-17)14-19(21(23)24)22-28(25,26)20-7-4-12-27-20;1-2-8-6-4-3-5-7-8;1-3-5(6)4-2/h3-13,19,22H,2,14H2,1H3,(H,23,24);3-7H,2H2,1H3;3-4H2,1-2H3. The summed E-state index contributed by atoms with van der Waals surface area (Å²) in [5.74, 6) is -0.866. The molecule has 0 aliphatic heterocycles. The van der Waals surface area contributed by atoms with Crippen LogP contribution in [-0.4, -0.2) is 31.3 Å². The van der Waals surface area contributed by atoms with Crippen molar-refractivity contribution in [3.63, 3.8) is 0 Å². The van der Waals surface area contributed by atoms with E-state index in [0.29, 0.717) is 18.6 Å². The molecule has 3 aromatic carbocycles. The zero-order chi connectivity index (χ0) is 31.0. The van der Waals surface area contributed by atoms with Gasteiger partial charge in [-0.15, -0.1) is 11.3 Å². The number of carbonyl (C=O) groups excluding carboxylic acids is 1. The Morgan fingerprint density at radius 1 is 0.738 bits per heavy atom. The zero-order valence-electron chi connectivity index (χ0n) is 24.7. The van der Waals surface area contributed by atoms with Crippen LogP contribution in [-0.2, 0) is 38.9 Å². The largest absolute Gasteiger partial charge is 0.480 e. The highest BCUT2D eigenvalue weighted by Crippen LogP contribution is 2.22. The summed E-state index contributed by atoms with van der Waals surface area (Å²) in [5, 5.41) is 11.1. The first-order valence-corrected chi connectivity index (χ1v) is 16.5. The van der Waals surface area contributed by atoms with E-state index in [2.05, 4.69) is 55.0 Å². The number of rotatable bonds is 11. The van der Waals surface area contributed by atoms with E-state index in [1.165, 1.54) is 17.2 Å². The molecule has 42 heavy (non-hydrogen) atoms. The maximum Gasteiger partial charge on any atom is 0.322 e. The summed E-state index contributed by atoms with van der Waals surface area (Å²) >= 11 is 1.05. The fourth-order valence-corrected chi connectivity index (χ4v) is 6.04. The van der Waals surface area contributed by atoms with E-state index in [9.17, 15) is 23.1 Å². The SMILES string of the molecule is CCC(=O)CC.CCc1cccc(-c2ccc(CC(NS(=O)(=O)c3cccs3)C(=O)O)cc2)c1.CCc1ccccc1. The van der Waals surface area contributed by atoms with Gasteiger partial charge < -0.3 is 5.11 Å². The predicted molar refractivity (Wildman–Crippen MR) is 172 cm³/mol. The van der Waals surface area contributed by atoms with Crippen molar-refractivity contribution in [2.75, 3.05) is 0 Å². The maximum atomic E-state index is 12.3. The minimum Gasteiger partial charge on any atom is -0.480 e. The first-order valence-electron chi connectivity index (χ1n) is 14.2. The quantitative estimate of drug-likeness (QED) is 0.183. The van der Waals surface area contributed by atoms with Gasteiger partial charge in [0.2, 0.25) is 0 Å². The van der Waals surface area contributed by atoms with Crippen LogP contribution in [0.15, 0.2) is 101 Å². The number of aliphatic carboxylic acids is 1. The van der Waals surface area contributed by atoms with Crippen molar-refractivity contribution in [3.8, 4) is 11.1 Å². The first-order chi connectivity index (χ1) is 20.1. The molecule has 0 aliphatic rings. The van der Waals surface area contributed by atoms with E-state index < -0.39 is 22.0 Å². The fraction of sp³-hybridized carbons (Fsp3) is 0.294. The topological polar surface area (TPSA) is 101 Å². The third-order valence-corrected chi connectivity index (χ3v) is 9.33. The molecule has 0 saturated heterocycles. The number of aryl methyl sites for hydroxylation is 2. The summed E-state index contributed by atoms with van der Waals surface area (Å²) in [5.41, 5.74) is 5.53. The second-order valence-corrected chi connectivity index (χ2v) is 12.4. The lowest BCUT2D eigenvalue weighted by atomic mass is 9.99. The van der Waals surface area contributed by atoms with Crippen LogP contribution in [0.2, 0.25) is 0 Å². The van der Waals surface area contributed by atoms with Gasteiger partial charge in [-0.1, -0.05) is 113 Å². The molecule has 0 spiro atoms. The van der Waals surface area contributed by atoms with Gasteiger partial charge >= 0.3 is 5.97 Å². The summed E-state index contributed by atoms with van der Waals surface area (Å²) < 4.78 is 27.1. The van der Waals surface area contributed by atoms with Crippen molar-refractivity contribution in [2.45, 2.75) is 70.1 Å². The maximum absolute atomic E-state index is 12.3. The molecular weight excluding hydrogens is 567 g/mol. The number of hydrogen-bond acceptors (Lipinski definition) is 5. The molecule has 6 nitrogen and oxygen atoms in total. The molecule has 224 valence electrons. The Kier molecular flexibility index (Phi) is 14.9. The number of Topliss-reactive ketones (excluding diaryl/α,β-unsaturated/α-hetero) is 1. The Balaban J connectivity index is 0.000000361. The van der Waals surface area contributed by atoms with Crippen LogP contribution in [0.25, 0.3) is 11.1 Å². The van der Waals surface area contributed by atoms with Gasteiger partial charge in [0.15, 0.2) is 0 Å². The average Bonchev–Trinajstić information content (AvgIpc) is 3.58. The van der Waals surface area contributed by atoms with Crippen molar-refractivity contribution < 1.29 is 23.1 Å². The lowest BCUT2D eigenvalue weighted by Gasteiger charge is -2.14. The first kappa shape index (κ1) is 34.6. The minimum absolute atomic E-state index is 0.0647. The van der Waals surface area contributed by atoms with Crippen molar-refractivity contribution in [3.05, 3.63) is 113 Å². The number of sulfonamides is 1. The zero-order valence-corrected chi connectivity index (χ0v) is 26.4. The molecule has 2 N–H and O–H groups in total. The number of thiophene rings is 1. The smallest absolute Gasteiger partial charge is 0.322 e. The van der Waals surface area contributed by atoms with E-state index in [0.717, 1.165) is 40.9 Å². The lowest BCUT2D eigenvalue weighted by molar-refractivity contribution is -0.138. The fourth-order valence-electron chi connectivity index (χ4n) is 3.84. The average molecular weight is 608 g/mol. The number of nitrogens with one attached hydrogen (secondary N) is 1. The van der Waals surface area contributed by atoms with Gasteiger partial charge in [-0.2, -0.15) is 4.72 Å². The Morgan fingerprint density at radius 2 is 1.36 bits per heavy atom. The normalized spacial score (nSPS) is 11.3. The van der Waals surface area contributed by atoms with Gasteiger partial charge in [0, 0.05) is 12.8 Å². The van der Waals surface area contributed by atoms with Crippen molar-refractivity contribution in [2.24, 2.45) is 0 Å². The summed E-state index contributed by atoms with van der Waals surface area (Å²) in [6, 6.07) is 28.1. The Bertz CT molecular complexity index is 1460. The van der Waals surface area contributed by atoms with Gasteiger partial charge in [0.1, 0.15) is 16.0 Å². The molecule has 0 radical (unpaired) electrons. The molecule has 1 atom stereocenters. The van der Waals surface area contributed by atoms with Gasteiger partial charge in [-0.3, -0.25) is 9.59 Å². The van der Waals surface area contributed by atoms with Crippen LogP contribution in [0, 0.1) is 0 Å². The summed E-state index contributed by atoms with van der Waals surface area (Å²) in [4.78, 5) is 21.8. The van der Waals surface area contributed by atoms with Crippen LogP contribution >= 0.6 is 11.3 Å². The Labute approximate surface area is 254 Å². The van der Waals surface area contributed by atoms with E-state index >= 15 is 0 Å². The monoisotopic (exact) mass is 607 g/mol. The summed E-state index contributed by atoms with van der Waals surface area (Å²) in [7, 11) is -3.85. The minimum atomic E-state index is -3.85. The molecule has 8 heteroatoms. The van der Waals surface area contributed by atoms with E-state index in [-0.39, 0.29) is 10.6 Å². The molecule has 4 aromatic rings. The van der Waals surface area contributed by atoms with Gasteiger partial charge in [0.05, 0.1) is 0 Å². The second-order valence-electron chi connectivity index (χ2n) is 9.48. The van der Waals surface area contributed by atoms with E-state index in [1.54, 1.807) is 11.4 Å². The second kappa shape index (κ2) is 18.1. The number of hydrogen-bond donors (Lipinski definition) is 2. The molecule has 0 amide bonds. The number of carboxylic acids is 1. The molecule has 0 bridgehead atoms. The number of carboxylic acid groups (broad SMARTS) is 1. The molecule has 1 heterocycles. The van der Waals surface area contributed by atoms with E-state index in [1.807, 2.05) is 56.3 Å².